The highest BCUT2D eigenvalue weighted by atomic mass is 15.3. The fourth-order valence-electron chi connectivity index (χ4n) is 3.20. The molecule has 1 aromatic heterocycles. The van der Waals surface area contributed by atoms with Gasteiger partial charge in [-0.25, -0.2) is 4.98 Å². The van der Waals surface area contributed by atoms with E-state index in [4.69, 9.17) is 5.26 Å². The maximum absolute atomic E-state index is 8.77. The summed E-state index contributed by atoms with van der Waals surface area (Å²) in [6.45, 7) is 4.75. The lowest BCUT2D eigenvalue weighted by molar-refractivity contribution is 0.175. The summed E-state index contributed by atoms with van der Waals surface area (Å²) in [6, 6.07) is 6.60. The fourth-order valence-corrected chi connectivity index (χ4v) is 3.20. The van der Waals surface area contributed by atoms with Crippen LogP contribution in [0, 0.1) is 11.3 Å². The van der Waals surface area contributed by atoms with E-state index in [0.29, 0.717) is 11.7 Å². The number of rotatable bonds is 2. The minimum absolute atomic E-state index is 0.496. The van der Waals surface area contributed by atoms with E-state index in [2.05, 4.69) is 20.9 Å². The monoisotopic (exact) mass is 256 g/mol. The summed E-state index contributed by atoms with van der Waals surface area (Å²) in [5.74, 6) is 0. The lowest BCUT2D eigenvalue weighted by atomic mass is 10.1. The van der Waals surface area contributed by atoms with E-state index in [1.54, 1.807) is 0 Å². The van der Waals surface area contributed by atoms with Gasteiger partial charge in [0.25, 0.3) is 0 Å². The molecule has 0 radical (unpaired) electrons. The second kappa shape index (κ2) is 5.58. The summed E-state index contributed by atoms with van der Waals surface area (Å²) in [5, 5.41) is 8.77. The van der Waals surface area contributed by atoms with Crippen LogP contribution in [0.1, 0.15) is 31.4 Å². The van der Waals surface area contributed by atoms with Crippen LogP contribution in [0.25, 0.3) is 0 Å². The first-order valence-corrected chi connectivity index (χ1v) is 7.22. The Morgan fingerprint density at radius 1 is 1.16 bits per heavy atom. The van der Waals surface area contributed by atoms with Crippen molar-refractivity contribution in [2.75, 3.05) is 31.1 Å². The van der Waals surface area contributed by atoms with Gasteiger partial charge in [-0.05, 0) is 44.5 Å². The van der Waals surface area contributed by atoms with Gasteiger partial charge >= 0.3 is 0 Å². The number of likely N-dealkylation sites (tertiary alicyclic amines) is 1. The molecular weight excluding hydrogens is 236 g/mol. The number of anilines is 1. The zero-order valence-electron chi connectivity index (χ0n) is 11.3. The van der Waals surface area contributed by atoms with Gasteiger partial charge in [-0.3, -0.25) is 4.90 Å². The highest BCUT2D eigenvalue weighted by molar-refractivity contribution is 5.47. The van der Waals surface area contributed by atoms with E-state index in [0.717, 1.165) is 18.8 Å². The first-order chi connectivity index (χ1) is 9.36. The molecule has 19 heavy (non-hydrogen) atoms. The molecule has 3 heterocycles. The molecule has 4 heteroatoms. The third-order valence-electron chi connectivity index (χ3n) is 4.30. The van der Waals surface area contributed by atoms with Crippen molar-refractivity contribution in [2.24, 2.45) is 0 Å². The molecule has 0 aromatic carbocycles. The number of hydrogen-bond acceptors (Lipinski definition) is 4. The molecule has 2 fully saturated rings. The quantitative estimate of drug-likeness (QED) is 0.812. The van der Waals surface area contributed by atoms with Gasteiger partial charge in [-0.1, -0.05) is 6.42 Å². The molecule has 2 aliphatic rings. The summed E-state index contributed by atoms with van der Waals surface area (Å²) in [4.78, 5) is 9.21. The Hall–Kier alpha value is -1.60. The van der Waals surface area contributed by atoms with Crippen molar-refractivity contribution < 1.29 is 0 Å². The van der Waals surface area contributed by atoms with Crippen LogP contribution in [0.3, 0.4) is 0 Å². The summed E-state index contributed by atoms with van der Waals surface area (Å²) >= 11 is 0. The van der Waals surface area contributed by atoms with Crippen LogP contribution in [0.5, 0.6) is 0 Å². The normalized spacial score (nSPS) is 24.4. The SMILES string of the molecule is N#Cc1ccc(N2CCC(N3CCCCC3)C2)cn1. The second-order valence-corrected chi connectivity index (χ2v) is 5.50. The molecular formula is C15H20N4. The predicted molar refractivity (Wildman–Crippen MR) is 75.0 cm³/mol. The third-order valence-corrected chi connectivity index (χ3v) is 4.30. The van der Waals surface area contributed by atoms with Crippen molar-refractivity contribution in [1.82, 2.24) is 9.88 Å². The Morgan fingerprint density at radius 2 is 2.00 bits per heavy atom. The zero-order valence-corrected chi connectivity index (χ0v) is 11.3. The summed E-state index contributed by atoms with van der Waals surface area (Å²) < 4.78 is 0. The summed E-state index contributed by atoms with van der Waals surface area (Å²) in [7, 11) is 0. The van der Waals surface area contributed by atoms with Crippen LogP contribution < -0.4 is 4.90 Å². The first kappa shape index (κ1) is 12.4. The number of nitrogens with zero attached hydrogens (tertiary/aromatic N) is 4. The van der Waals surface area contributed by atoms with Crippen LogP contribution in [0.15, 0.2) is 18.3 Å². The molecule has 0 spiro atoms. The molecule has 2 saturated heterocycles. The Morgan fingerprint density at radius 3 is 2.68 bits per heavy atom. The minimum atomic E-state index is 0.496. The fraction of sp³-hybridized carbons (Fsp3) is 0.600. The van der Waals surface area contributed by atoms with Gasteiger partial charge in [0.05, 0.1) is 11.9 Å². The third kappa shape index (κ3) is 2.71. The lowest BCUT2D eigenvalue weighted by Crippen LogP contribution is -2.40. The van der Waals surface area contributed by atoms with Gasteiger partial charge in [0, 0.05) is 19.1 Å². The number of aromatic nitrogens is 1. The molecule has 4 nitrogen and oxygen atoms in total. The molecule has 0 saturated carbocycles. The second-order valence-electron chi connectivity index (χ2n) is 5.50. The predicted octanol–water partition coefficient (Wildman–Crippen LogP) is 2.02. The van der Waals surface area contributed by atoms with Gasteiger partial charge in [-0.2, -0.15) is 5.26 Å². The summed E-state index contributed by atoms with van der Waals surface area (Å²) in [5.41, 5.74) is 1.65. The van der Waals surface area contributed by atoms with E-state index >= 15 is 0 Å². The first-order valence-electron chi connectivity index (χ1n) is 7.22. The van der Waals surface area contributed by atoms with Crippen molar-refractivity contribution in [3.05, 3.63) is 24.0 Å². The Kier molecular flexibility index (Phi) is 3.65. The average Bonchev–Trinajstić information content (AvgIpc) is 2.98. The topological polar surface area (TPSA) is 43.2 Å². The smallest absolute Gasteiger partial charge is 0.140 e. The lowest BCUT2D eigenvalue weighted by Gasteiger charge is -2.32. The Bertz CT molecular complexity index is 456. The van der Waals surface area contributed by atoms with E-state index < -0.39 is 0 Å². The van der Waals surface area contributed by atoms with Gasteiger partial charge in [0.15, 0.2) is 0 Å². The highest BCUT2D eigenvalue weighted by Gasteiger charge is 2.28. The van der Waals surface area contributed by atoms with Crippen LogP contribution in [-0.4, -0.2) is 42.1 Å². The Labute approximate surface area is 114 Å². The van der Waals surface area contributed by atoms with E-state index in [-0.39, 0.29) is 0 Å². The van der Waals surface area contributed by atoms with Crippen LogP contribution in [0.2, 0.25) is 0 Å². The van der Waals surface area contributed by atoms with Crippen LogP contribution in [-0.2, 0) is 0 Å². The molecule has 0 amide bonds. The maximum atomic E-state index is 8.77. The number of nitriles is 1. The van der Waals surface area contributed by atoms with E-state index in [1.165, 1.54) is 38.8 Å². The molecule has 0 N–H and O–H groups in total. The molecule has 100 valence electrons. The van der Waals surface area contributed by atoms with Crippen molar-refractivity contribution in [3.63, 3.8) is 0 Å². The van der Waals surface area contributed by atoms with Crippen LogP contribution >= 0.6 is 0 Å². The molecule has 1 aromatic rings. The largest absolute Gasteiger partial charge is 0.369 e. The molecule has 0 bridgehead atoms. The highest BCUT2D eigenvalue weighted by Crippen LogP contribution is 2.24. The molecule has 3 rings (SSSR count). The minimum Gasteiger partial charge on any atom is -0.369 e. The number of pyridine rings is 1. The van der Waals surface area contributed by atoms with Crippen LogP contribution in [0.4, 0.5) is 5.69 Å². The van der Waals surface area contributed by atoms with Crippen molar-refractivity contribution >= 4 is 5.69 Å². The molecule has 1 unspecified atom stereocenters. The number of hydrogen-bond donors (Lipinski definition) is 0. The Balaban J connectivity index is 1.63. The van der Waals surface area contributed by atoms with Gasteiger partial charge < -0.3 is 4.90 Å². The number of piperidine rings is 1. The van der Waals surface area contributed by atoms with Gasteiger partial charge in [0.2, 0.25) is 0 Å². The van der Waals surface area contributed by atoms with E-state index in [9.17, 15) is 0 Å². The summed E-state index contributed by atoms with van der Waals surface area (Å²) in [6.07, 6.45) is 7.19. The van der Waals surface area contributed by atoms with Gasteiger partial charge in [-0.15, -0.1) is 0 Å². The van der Waals surface area contributed by atoms with Crippen molar-refractivity contribution in [1.29, 1.82) is 5.26 Å². The molecule has 2 aliphatic heterocycles. The average molecular weight is 256 g/mol. The standard InChI is InChI=1S/C15H20N4/c16-10-13-4-5-14(11-17-13)19-9-6-15(12-19)18-7-2-1-3-8-18/h4-5,11,15H,1-3,6-9,12H2. The maximum Gasteiger partial charge on any atom is 0.140 e. The molecule has 1 atom stereocenters. The van der Waals surface area contributed by atoms with Crippen molar-refractivity contribution in [3.8, 4) is 6.07 Å². The van der Waals surface area contributed by atoms with E-state index in [1.807, 2.05) is 18.3 Å². The molecule has 0 aliphatic carbocycles. The zero-order chi connectivity index (χ0) is 13.1. The van der Waals surface area contributed by atoms with Gasteiger partial charge in [0.1, 0.15) is 11.8 Å². The van der Waals surface area contributed by atoms with Crippen molar-refractivity contribution in [2.45, 2.75) is 31.7 Å².